The maximum absolute atomic E-state index is 12.4. The number of halogens is 4. The lowest BCUT2D eigenvalue weighted by atomic mass is 10.2. The van der Waals surface area contributed by atoms with Crippen LogP contribution in [0, 0.1) is 0 Å². The first-order valence-corrected chi connectivity index (χ1v) is 6.31. The molecule has 4 nitrogen and oxygen atoms in total. The van der Waals surface area contributed by atoms with Crippen LogP contribution in [0.3, 0.4) is 0 Å². The number of rotatable bonds is 7. The van der Waals surface area contributed by atoms with Gasteiger partial charge in [0.2, 0.25) is 11.8 Å². The predicted molar refractivity (Wildman–Crippen MR) is 65.9 cm³/mol. The highest BCUT2D eigenvalue weighted by molar-refractivity contribution is 6.17. The van der Waals surface area contributed by atoms with Gasteiger partial charge in [0.1, 0.15) is 13.1 Å². The van der Waals surface area contributed by atoms with Crippen molar-refractivity contribution in [3.8, 4) is 0 Å². The molecule has 0 saturated carbocycles. The smallest absolute Gasteiger partial charge is 0.347 e. The number of nitrogens with zero attached hydrogens (tertiary/aromatic N) is 2. The van der Waals surface area contributed by atoms with E-state index in [4.69, 9.17) is 11.6 Å². The largest absolute Gasteiger partial charge is 0.406 e. The summed E-state index contributed by atoms with van der Waals surface area (Å²) in [7, 11) is 2.85. The number of likely N-dealkylation sites (N-methyl/N-ethyl adjacent to an activating group) is 1. The fourth-order valence-electron chi connectivity index (χ4n) is 1.28. The second-order valence-electron chi connectivity index (χ2n) is 4.30. The molecule has 0 rings (SSSR count). The van der Waals surface area contributed by atoms with Gasteiger partial charge in [0, 0.05) is 26.4 Å². The lowest BCUT2D eigenvalue weighted by Gasteiger charge is -2.24. The second kappa shape index (κ2) is 8.24. The number of hydrogen-bond acceptors (Lipinski definition) is 2. The van der Waals surface area contributed by atoms with Crippen LogP contribution >= 0.6 is 11.6 Å². The van der Waals surface area contributed by atoms with Crippen LogP contribution in [0.2, 0.25) is 0 Å². The molecule has 112 valence electrons. The Morgan fingerprint density at radius 3 is 2.11 bits per heavy atom. The van der Waals surface area contributed by atoms with Gasteiger partial charge in [0.05, 0.1) is 0 Å². The Bertz CT molecular complexity index is 309. The van der Waals surface area contributed by atoms with Crippen LogP contribution in [-0.2, 0) is 9.59 Å². The molecule has 0 unspecified atom stereocenters. The first kappa shape index (κ1) is 18.0. The number of carbonyl (C=O) groups excluding carboxylic acids is 2. The molecule has 0 spiro atoms. The van der Waals surface area contributed by atoms with Gasteiger partial charge in [-0.3, -0.25) is 9.59 Å². The molecule has 0 aliphatic rings. The minimum atomic E-state index is -4.52. The van der Waals surface area contributed by atoms with Crippen LogP contribution in [0.5, 0.6) is 0 Å². The summed E-state index contributed by atoms with van der Waals surface area (Å²) in [6, 6.07) is 0. The molecule has 8 heteroatoms. The molecule has 0 atom stereocenters. The molecule has 0 fully saturated rings. The standard InChI is InChI=1S/C11H18ClF3N2O2/c1-16(2)10(19)7-17(8-11(13,14)15)9(18)5-3-4-6-12/h3-8H2,1-2H3. The van der Waals surface area contributed by atoms with E-state index in [0.29, 0.717) is 23.6 Å². The van der Waals surface area contributed by atoms with Crippen molar-refractivity contribution in [2.75, 3.05) is 33.1 Å². The van der Waals surface area contributed by atoms with Crippen molar-refractivity contribution >= 4 is 23.4 Å². The Kier molecular flexibility index (Phi) is 7.82. The van der Waals surface area contributed by atoms with Crippen LogP contribution < -0.4 is 0 Å². The summed E-state index contributed by atoms with van der Waals surface area (Å²) in [4.78, 5) is 24.8. The van der Waals surface area contributed by atoms with Gasteiger partial charge < -0.3 is 9.80 Å². The van der Waals surface area contributed by atoms with Crippen molar-refractivity contribution in [3.63, 3.8) is 0 Å². The van der Waals surface area contributed by atoms with E-state index < -0.39 is 31.1 Å². The SMILES string of the molecule is CN(C)C(=O)CN(CC(F)(F)F)C(=O)CCCCCl. The van der Waals surface area contributed by atoms with E-state index in [1.807, 2.05) is 0 Å². The Hall–Kier alpha value is -0.980. The molecule has 0 aliphatic carbocycles. The quantitative estimate of drug-likeness (QED) is 0.532. The van der Waals surface area contributed by atoms with E-state index in [1.165, 1.54) is 14.1 Å². The zero-order chi connectivity index (χ0) is 15.1. The Morgan fingerprint density at radius 2 is 1.68 bits per heavy atom. The van der Waals surface area contributed by atoms with Gasteiger partial charge in [-0.1, -0.05) is 0 Å². The molecule has 2 amide bonds. The molecule has 0 aromatic carbocycles. The Labute approximate surface area is 115 Å². The normalized spacial score (nSPS) is 11.3. The van der Waals surface area contributed by atoms with E-state index in [0.717, 1.165) is 4.90 Å². The minimum absolute atomic E-state index is 0.0382. The topological polar surface area (TPSA) is 40.6 Å². The summed E-state index contributed by atoms with van der Waals surface area (Å²) in [5, 5.41) is 0. The van der Waals surface area contributed by atoms with Crippen LogP contribution in [0.4, 0.5) is 13.2 Å². The van der Waals surface area contributed by atoms with Gasteiger partial charge in [-0.25, -0.2) is 0 Å². The molecule has 0 aromatic heterocycles. The fourth-order valence-corrected chi connectivity index (χ4v) is 1.47. The number of amides is 2. The Balaban J connectivity index is 4.57. The highest BCUT2D eigenvalue weighted by atomic mass is 35.5. The maximum atomic E-state index is 12.4. The summed E-state index contributed by atoms with van der Waals surface area (Å²) >= 11 is 5.43. The number of hydrogen-bond donors (Lipinski definition) is 0. The van der Waals surface area contributed by atoms with Crippen molar-refractivity contribution in [2.45, 2.75) is 25.4 Å². The van der Waals surface area contributed by atoms with Gasteiger partial charge in [0.25, 0.3) is 0 Å². The highest BCUT2D eigenvalue weighted by Crippen LogP contribution is 2.17. The average molecular weight is 303 g/mol. The van der Waals surface area contributed by atoms with E-state index in [2.05, 4.69) is 0 Å². The van der Waals surface area contributed by atoms with Crippen LogP contribution in [0.25, 0.3) is 0 Å². The highest BCUT2D eigenvalue weighted by Gasteiger charge is 2.33. The van der Waals surface area contributed by atoms with Crippen LogP contribution in [-0.4, -0.2) is 60.9 Å². The van der Waals surface area contributed by atoms with Crippen molar-refractivity contribution in [2.24, 2.45) is 0 Å². The number of alkyl halides is 4. The zero-order valence-electron chi connectivity index (χ0n) is 11.0. The van der Waals surface area contributed by atoms with Gasteiger partial charge in [-0.05, 0) is 12.8 Å². The molecular weight excluding hydrogens is 285 g/mol. The molecule has 0 aromatic rings. The lowest BCUT2D eigenvalue weighted by Crippen LogP contribution is -2.44. The average Bonchev–Trinajstić information content (AvgIpc) is 2.26. The second-order valence-corrected chi connectivity index (χ2v) is 4.68. The van der Waals surface area contributed by atoms with Gasteiger partial charge in [-0.15, -0.1) is 11.6 Å². The van der Waals surface area contributed by atoms with Gasteiger partial charge >= 0.3 is 6.18 Å². The zero-order valence-corrected chi connectivity index (χ0v) is 11.7. The summed E-state index contributed by atoms with van der Waals surface area (Å²) in [6.45, 7) is -1.97. The van der Waals surface area contributed by atoms with Crippen molar-refractivity contribution in [3.05, 3.63) is 0 Å². The van der Waals surface area contributed by atoms with Crippen molar-refractivity contribution in [1.82, 2.24) is 9.80 Å². The molecule has 0 saturated heterocycles. The van der Waals surface area contributed by atoms with E-state index in [1.54, 1.807) is 0 Å². The number of carbonyl (C=O) groups is 2. The fraction of sp³-hybridized carbons (Fsp3) is 0.818. The van der Waals surface area contributed by atoms with Crippen molar-refractivity contribution < 1.29 is 22.8 Å². The van der Waals surface area contributed by atoms with Crippen molar-refractivity contribution in [1.29, 1.82) is 0 Å². The minimum Gasteiger partial charge on any atom is -0.347 e. The molecule has 0 aliphatic heterocycles. The first-order chi connectivity index (χ1) is 8.67. The third kappa shape index (κ3) is 8.69. The Morgan fingerprint density at radius 1 is 1.11 bits per heavy atom. The monoisotopic (exact) mass is 302 g/mol. The summed E-state index contributed by atoms with van der Waals surface area (Å²) in [5.41, 5.74) is 0. The van der Waals surface area contributed by atoms with E-state index in [-0.39, 0.29) is 6.42 Å². The van der Waals surface area contributed by atoms with Crippen LogP contribution in [0.15, 0.2) is 0 Å². The predicted octanol–water partition coefficient (Wildman–Crippen LogP) is 1.87. The molecular formula is C11H18ClF3N2O2. The molecule has 0 heterocycles. The lowest BCUT2D eigenvalue weighted by molar-refractivity contribution is -0.164. The maximum Gasteiger partial charge on any atom is 0.406 e. The first-order valence-electron chi connectivity index (χ1n) is 5.78. The van der Waals surface area contributed by atoms with Crippen LogP contribution in [0.1, 0.15) is 19.3 Å². The molecule has 0 N–H and O–H groups in total. The summed E-state index contributed by atoms with van der Waals surface area (Å²) < 4.78 is 37.1. The molecule has 0 bridgehead atoms. The molecule has 0 radical (unpaired) electrons. The molecule has 19 heavy (non-hydrogen) atoms. The van der Waals surface area contributed by atoms with Gasteiger partial charge in [-0.2, -0.15) is 13.2 Å². The van der Waals surface area contributed by atoms with Gasteiger partial charge in [0.15, 0.2) is 0 Å². The summed E-state index contributed by atoms with van der Waals surface area (Å²) in [6.07, 6.45) is -3.60. The number of unbranched alkanes of at least 4 members (excludes halogenated alkanes) is 1. The van der Waals surface area contributed by atoms with E-state index in [9.17, 15) is 22.8 Å². The third-order valence-electron chi connectivity index (χ3n) is 2.32. The van der Waals surface area contributed by atoms with E-state index >= 15 is 0 Å². The summed E-state index contributed by atoms with van der Waals surface area (Å²) in [5.74, 6) is -0.879. The third-order valence-corrected chi connectivity index (χ3v) is 2.59.